The lowest BCUT2D eigenvalue weighted by molar-refractivity contribution is -0.123. The van der Waals surface area contributed by atoms with Crippen molar-refractivity contribution in [2.45, 2.75) is 6.10 Å². The summed E-state index contributed by atoms with van der Waals surface area (Å²) in [5, 5.41) is 12.5. The number of furan rings is 1. The number of aliphatic hydroxyl groups is 1. The molecule has 1 atom stereocenters. The van der Waals surface area contributed by atoms with Crippen LogP contribution in [0, 0.1) is 0 Å². The number of nitrogens with one attached hydrogen (secondary N) is 1. The first kappa shape index (κ1) is 16.8. The van der Waals surface area contributed by atoms with Crippen LogP contribution in [0.25, 0.3) is 11.1 Å². The van der Waals surface area contributed by atoms with Crippen molar-refractivity contribution in [3.8, 4) is 16.9 Å². The van der Waals surface area contributed by atoms with Crippen molar-refractivity contribution >= 4 is 5.91 Å². The lowest BCUT2D eigenvalue weighted by atomic mass is 10.1. The molecule has 0 radical (unpaired) electrons. The molecule has 0 saturated carbocycles. The van der Waals surface area contributed by atoms with Gasteiger partial charge in [0.1, 0.15) is 17.6 Å². The van der Waals surface area contributed by atoms with Gasteiger partial charge in [-0.05, 0) is 23.8 Å². The SMILES string of the molecule is O=C(COc1ccccc1-c1ccccc1)NCC(O)c1ccco1. The number of amides is 1. The smallest absolute Gasteiger partial charge is 0.258 e. The number of benzene rings is 2. The molecule has 3 rings (SSSR count). The van der Waals surface area contributed by atoms with Crippen LogP contribution in [0.15, 0.2) is 77.4 Å². The molecule has 0 aliphatic carbocycles. The minimum absolute atomic E-state index is 0.0655. The van der Waals surface area contributed by atoms with E-state index in [1.807, 2.05) is 54.6 Å². The van der Waals surface area contributed by atoms with Gasteiger partial charge in [-0.3, -0.25) is 4.79 Å². The molecule has 0 fully saturated rings. The predicted molar refractivity (Wildman–Crippen MR) is 94.1 cm³/mol. The minimum atomic E-state index is -0.879. The second-order valence-electron chi connectivity index (χ2n) is 5.49. The molecule has 1 unspecified atom stereocenters. The zero-order valence-electron chi connectivity index (χ0n) is 13.6. The van der Waals surface area contributed by atoms with E-state index in [1.54, 1.807) is 12.1 Å². The summed E-state index contributed by atoms with van der Waals surface area (Å²) in [5.41, 5.74) is 1.94. The van der Waals surface area contributed by atoms with E-state index in [-0.39, 0.29) is 19.1 Å². The van der Waals surface area contributed by atoms with Gasteiger partial charge in [0, 0.05) is 5.56 Å². The molecule has 2 N–H and O–H groups in total. The number of carbonyl (C=O) groups excluding carboxylic acids is 1. The maximum absolute atomic E-state index is 12.0. The van der Waals surface area contributed by atoms with Crippen LogP contribution in [0.1, 0.15) is 11.9 Å². The van der Waals surface area contributed by atoms with E-state index in [1.165, 1.54) is 6.26 Å². The maximum Gasteiger partial charge on any atom is 0.258 e. The van der Waals surface area contributed by atoms with Crippen LogP contribution in [0.4, 0.5) is 0 Å². The first-order valence-electron chi connectivity index (χ1n) is 7.99. The van der Waals surface area contributed by atoms with Crippen molar-refractivity contribution in [2.75, 3.05) is 13.2 Å². The van der Waals surface area contributed by atoms with Crippen molar-refractivity contribution in [1.29, 1.82) is 0 Å². The Hall–Kier alpha value is -3.05. The van der Waals surface area contributed by atoms with E-state index in [0.29, 0.717) is 11.5 Å². The van der Waals surface area contributed by atoms with Crippen molar-refractivity contribution in [3.05, 3.63) is 78.8 Å². The van der Waals surface area contributed by atoms with Crippen LogP contribution in [0.5, 0.6) is 5.75 Å². The normalized spacial score (nSPS) is 11.7. The summed E-state index contributed by atoms with van der Waals surface area (Å²) < 4.78 is 10.7. The van der Waals surface area contributed by atoms with E-state index in [0.717, 1.165) is 11.1 Å². The Labute approximate surface area is 145 Å². The third-order valence-electron chi connectivity index (χ3n) is 3.69. The van der Waals surface area contributed by atoms with E-state index in [4.69, 9.17) is 9.15 Å². The van der Waals surface area contributed by atoms with Gasteiger partial charge in [-0.2, -0.15) is 0 Å². The Kier molecular flexibility index (Phi) is 5.49. The molecule has 0 spiro atoms. The number of carbonyl (C=O) groups is 1. The Balaban J connectivity index is 1.56. The molecule has 5 nitrogen and oxygen atoms in total. The summed E-state index contributed by atoms with van der Waals surface area (Å²) >= 11 is 0. The van der Waals surface area contributed by atoms with Gasteiger partial charge < -0.3 is 19.6 Å². The van der Waals surface area contributed by atoms with Gasteiger partial charge in [-0.15, -0.1) is 0 Å². The second-order valence-corrected chi connectivity index (χ2v) is 5.49. The zero-order valence-corrected chi connectivity index (χ0v) is 13.6. The minimum Gasteiger partial charge on any atom is -0.483 e. The average molecular weight is 337 g/mol. The van der Waals surface area contributed by atoms with Crippen LogP contribution in [-0.4, -0.2) is 24.2 Å². The van der Waals surface area contributed by atoms with Crippen molar-refractivity contribution in [1.82, 2.24) is 5.32 Å². The molecule has 25 heavy (non-hydrogen) atoms. The highest BCUT2D eigenvalue weighted by molar-refractivity contribution is 5.78. The van der Waals surface area contributed by atoms with E-state index in [2.05, 4.69) is 5.32 Å². The number of ether oxygens (including phenoxy) is 1. The van der Waals surface area contributed by atoms with Crippen LogP contribution in [-0.2, 0) is 4.79 Å². The first-order valence-corrected chi connectivity index (χ1v) is 7.99. The van der Waals surface area contributed by atoms with Gasteiger partial charge in [0.2, 0.25) is 0 Å². The fourth-order valence-electron chi connectivity index (χ4n) is 2.44. The van der Waals surface area contributed by atoms with Crippen molar-refractivity contribution < 1.29 is 19.1 Å². The first-order chi connectivity index (χ1) is 12.2. The molecule has 0 aliphatic rings. The van der Waals surface area contributed by atoms with Crippen LogP contribution >= 0.6 is 0 Å². The van der Waals surface area contributed by atoms with E-state index in [9.17, 15) is 9.90 Å². The molecular formula is C20H19NO4. The molecule has 3 aromatic rings. The number of aliphatic hydroxyl groups excluding tert-OH is 1. The largest absolute Gasteiger partial charge is 0.483 e. The van der Waals surface area contributed by atoms with Gasteiger partial charge in [0.25, 0.3) is 5.91 Å². The van der Waals surface area contributed by atoms with Gasteiger partial charge >= 0.3 is 0 Å². The molecule has 0 saturated heterocycles. The second kappa shape index (κ2) is 8.17. The number of hydrogen-bond donors (Lipinski definition) is 2. The third kappa shape index (κ3) is 4.49. The Morgan fingerprint density at radius 2 is 1.80 bits per heavy atom. The summed E-state index contributed by atoms with van der Waals surface area (Å²) in [6, 6.07) is 20.7. The standard InChI is InChI=1S/C20H19NO4/c22-17(19-11-6-12-24-19)13-21-20(23)14-25-18-10-5-4-9-16(18)15-7-2-1-3-8-15/h1-12,17,22H,13-14H2,(H,21,23). The summed E-state index contributed by atoms with van der Waals surface area (Å²) in [4.78, 5) is 12.0. The lowest BCUT2D eigenvalue weighted by Gasteiger charge is -2.13. The quantitative estimate of drug-likeness (QED) is 0.695. The molecule has 1 amide bonds. The highest BCUT2D eigenvalue weighted by atomic mass is 16.5. The fraction of sp³-hybridized carbons (Fsp3) is 0.150. The van der Waals surface area contributed by atoms with Crippen LogP contribution in [0.2, 0.25) is 0 Å². The Bertz CT molecular complexity index is 800. The molecule has 0 bridgehead atoms. The van der Waals surface area contributed by atoms with Crippen molar-refractivity contribution in [3.63, 3.8) is 0 Å². The molecule has 5 heteroatoms. The highest BCUT2D eigenvalue weighted by Crippen LogP contribution is 2.29. The molecule has 1 aromatic heterocycles. The number of para-hydroxylation sites is 1. The molecular weight excluding hydrogens is 318 g/mol. The van der Waals surface area contributed by atoms with Gasteiger partial charge in [-0.25, -0.2) is 0 Å². The van der Waals surface area contributed by atoms with Gasteiger partial charge in [-0.1, -0.05) is 48.5 Å². The predicted octanol–water partition coefficient (Wildman–Crippen LogP) is 3.18. The Morgan fingerprint density at radius 1 is 1.04 bits per heavy atom. The molecule has 1 heterocycles. The summed E-state index contributed by atoms with van der Waals surface area (Å²) in [6.45, 7) is -0.0647. The average Bonchev–Trinajstić information content (AvgIpc) is 3.20. The van der Waals surface area contributed by atoms with Gasteiger partial charge in [0.15, 0.2) is 6.61 Å². The summed E-state index contributed by atoms with van der Waals surface area (Å²) in [5.74, 6) is 0.736. The van der Waals surface area contributed by atoms with Crippen molar-refractivity contribution in [2.24, 2.45) is 0 Å². The topological polar surface area (TPSA) is 71.7 Å². The monoisotopic (exact) mass is 337 g/mol. The Morgan fingerprint density at radius 3 is 2.56 bits per heavy atom. The van der Waals surface area contributed by atoms with Crippen LogP contribution < -0.4 is 10.1 Å². The molecule has 128 valence electrons. The van der Waals surface area contributed by atoms with E-state index < -0.39 is 6.10 Å². The lowest BCUT2D eigenvalue weighted by Crippen LogP contribution is -2.32. The molecule has 0 aliphatic heterocycles. The fourth-order valence-corrected chi connectivity index (χ4v) is 2.44. The van der Waals surface area contributed by atoms with E-state index >= 15 is 0 Å². The van der Waals surface area contributed by atoms with Crippen LogP contribution in [0.3, 0.4) is 0 Å². The molecule has 2 aromatic carbocycles. The number of hydrogen-bond acceptors (Lipinski definition) is 4. The highest BCUT2D eigenvalue weighted by Gasteiger charge is 2.13. The summed E-state index contributed by atoms with van der Waals surface area (Å²) in [7, 11) is 0. The van der Waals surface area contributed by atoms with Gasteiger partial charge in [0.05, 0.1) is 12.8 Å². The summed E-state index contributed by atoms with van der Waals surface area (Å²) in [6.07, 6.45) is 0.597. The third-order valence-corrected chi connectivity index (χ3v) is 3.69. The number of rotatable bonds is 7. The zero-order chi connectivity index (χ0) is 17.5. The maximum atomic E-state index is 12.0.